The Hall–Kier alpha value is -1.23. The molecule has 1 saturated heterocycles. The second kappa shape index (κ2) is 5.61. The van der Waals surface area contributed by atoms with E-state index < -0.39 is 0 Å². The van der Waals surface area contributed by atoms with E-state index in [4.69, 9.17) is 9.47 Å². The molecule has 0 aliphatic carbocycles. The SMILES string of the molecule is COc1cccc(OC)c1N1CC(CBr)CC1=O. The number of halogens is 1. The summed E-state index contributed by atoms with van der Waals surface area (Å²) in [5.74, 6) is 1.78. The maximum absolute atomic E-state index is 12.1. The molecule has 1 aliphatic heterocycles. The number of methoxy groups -OCH3 is 2. The first kappa shape index (κ1) is 13.2. The lowest BCUT2D eigenvalue weighted by Gasteiger charge is -2.21. The van der Waals surface area contributed by atoms with Gasteiger partial charge in [0.25, 0.3) is 0 Å². The number of benzene rings is 1. The molecule has 1 amide bonds. The highest BCUT2D eigenvalue weighted by atomic mass is 79.9. The van der Waals surface area contributed by atoms with E-state index in [0.29, 0.717) is 30.4 Å². The summed E-state index contributed by atoms with van der Waals surface area (Å²) in [5, 5.41) is 0.826. The van der Waals surface area contributed by atoms with Gasteiger partial charge in [0, 0.05) is 18.3 Å². The van der Waals surface area contributed by atoms with Crippen LogP contribution in [0.15, 0.2) is 18.2 Å². The number of rotatable bonds is 4. The molecular weight excluding hydrogens is 298 g/mol. The van der Waals surface area contributed by atoms with Gasteiger partial charge in [0.2, 0.25) is 5.91 Å². The van der Waals surface area contributed by atoms with Crippen LogP contribution >= 0.6 is 15.9 Å². The third-order valence-corrected chi connectivity index (χ3v) is 4.01. The van der Waals surface area contributed by atoms with Crippen molar-refractivity contribution in [3.8, 4) is 11.5 Å². The number of para-hydroxylation sites is 1. The van der Waals surface area contributed by atoms with Gasteiger partial charge in [-0.3, -0.25) is 4.79 Å². The van der Waals surface area contributed by atoms with Crippen molar-refractivity contribution in [3.05, 3.63) is 18.2 Å². The van der Waals surface area contributed by atoms with Crippen LogP contribution in [0.4, 0.5) is 5.69 Å². The van der Waals surface area contributed by atoms with Crippen LogP contribution in [-0.4, -0.2) is 32.0 Å². The molecule has 1 heterocycles. The third kappa shape index (κ3) is 2.32. The van der Waals surface area contributed by atoms with Crippen molar-refractivity contribution in [2.75, 3.05) is 31.0 Å². The van der Waals surface area contributed by atoms with Gasteiger partial charge in [0.05, 0.1) is 14.2 Å². The third-order valence-electron chi connectivity index (χ3n) is 3.10. The summed E-state index contributed by atoms with van der Waals surface area (Å²) in [6.07, 6.45) is 0.562. The molecule has 0 bridgehead atoms. The lowest BCUT2D eigenvalue weighted by molar-refractivity contribution is -0.117. The second-order valence-electron chi connectivity index (χ2n) is 4.24. The van der Waals surface area contributed by atoms with Crippen LogP contribution in [-0.2, 0) is 4.79 Å². The largest absolute Gasteiger partial charge is 0.494 e. The average molecular weight is 314 g/mol. The molecule has 1 aliphatic rings. The van der Waals surface area contributed by atoms with Crippen molar-refractivity contribution in [3.63, 3.8) is 0 Å². The Morgan fingerprint density at radius 3 is 2.39 bits per heavy atom. The first-order chi connectivity index (χ1) is 8.71. The number of carbonyl (C=O) groups is 1. The molecule has 0 aromatic heterocycles. The number of hydrogen-bond acceptors (Lipinski definition) is 3. The fraction of sp³-hybridized carbons (Fsp3) is 0.462. The Labute approximate surface area is 115 Å². The summed E-state index contributed by atoms with van der Waals surface area (Å²) in [5.41, 5.74) is 0.732. The molecule has 5 heteroatoms. The number of hydrogen-bond donors (Lipinski definition) is 0. The normalized spacial score (nSPS) is 19.2. The minimum Gasteiger partial charge on any atom is -0.494 e. The van der Waals surface area contributed by atoms with Crippen LogP contribution in [0.1, 0.15) is 6.42 Å². The average Bonchev–Trinajstić information content (AvgIpc) is 2.78. The molecule has 1 unspecified atom stereocenters. The molecule has 1 aromatic rings. The van der Waals surface area contributed by atoms with Gasteiger partial charge in [-0.1, -0.05) is 22.0 Å². The van der Waals surface area contributed by atoms with E-state index in [1.807, 2.05) is 18.2 Å². The van der Waals surface area contributed by atoms with Crippen molar-refractivity contribution in [2.45, 2.75) is 6.42 Å². The highest BCUT2D eigenvalue weighted by molar-refractivity contribution is 9.09. The number of alkyl halides is 1. The van der Waals surface area contributed by atoms with E-state index in [1.165, 1.54) is 0 Å². The molecule has 18 heavy (non-hydrogen) atoms. The number of ether oxygens (including phenoxy) is 2. The molecule has 1 aromatic carbocycles. The summed E-state index contributed by atoms with van der Waals surface area (Å²) < 4.78 is 10.7. The predicted octanol–water partition coefficient (Wildman–Crippen LogP) is 2.45. The first-order valence-electron chi connectivity index (χ1n) is 5.78. The van der Waals surface area contributed by atoms with E-state index in [2.05, 4.69) is 15.9 Å². The Bertz CT molecular complexity index is 428. The van der Waals surface area contributed by atoms with E-state index in [-0.39, 0.29) is 5.91 Å². The van der Waals surface area contributed by atoms with Crippen LogP contribution in [0.2, 0.25) is 0 Å². The summed E-state index contributed by atoms with van der Waals surface area (Å²) in [7, 11) is 3.20. The Balaban J connectivity index is 2.40. The Kier molecular flexibility index (Phi) is 4.11. The smallest absolute Gasteiger partial charge is 0.227 e. The molecule has 0 N–H and O–H groups in total. The molecule has 0 spiro atoms. The zero-order valence-corrected chi connectivity index (χ0v) is 12.1. The Morgan fingerprint density at radius 2 is 1.94 bits per heavy atom. The standard InChI is InChI=1S/C13H16BrNO3/c1-17-10-4-3-5-11(18-2)13(10)15-8-9(7-14)6-12(15)16/h3-5,9H,6-8H2,1-2H3. The predicted molar refractivity (Wildman–Crippen MR) is 73.8 cm³/mol. The fourth-order valence-electron chi connectivity index (χ4n) is 2.20. The summed E-state index contributed by atoms with van der Waals surface area (Å²) in [4.78, 5) is 13.8. The zero-order chi connectivity index (χ0) is 13.1. The van der Waals surface area contributed by atoms with Crippen LogP contribution in [0.5, 0.6) is 11.5 Å². The molecule has 98 valence electrons. The van der Waals surface area contributed by atoms with Gasteiger partial charge in [-0.05, 0) is 18.1 Å². The molecule has 1 atom stereocenters. The minimum atomic E-state index is 0.113. The van der Waals surface area contributed by atoms with Crippen molar-refractivity contribution < 1.29 is 14.3 Å². The van der Waals surface area contributed by atoms with Crippen LogP contribution in [0.25, 0.3) is 0 Å². The van der Waals surface area contributed by atoms with Crippen LogP contribution < -0.4 is 14.4 Å². The Morgan fingerprint density at radius 1 is 1.33 bits per heavy atom. The summed E-state index contributed by atoms with van der Waals surface area (Å²) in [6, 6.07) is 5.53. The number of anilines is 1. The van der Waals surface area contributed by atoms with Crippen molar-refractivity contribution in [1.82, 2.24) is 0 Å². The van der Waals surface area contributed by atoms with Crippen molar-refractivity contribution >= 4 is 27.5 Å². The van der Waals surface area contributed by atoms with Gasteiger partial charge in [0.15, 0.2) is 0 Å². The van der Waals surface area contributed by atoms with E-state index in [1.54, 1.807) is 19.1 Å². The lowest BCUT2D eigenvalue weighted by atomic mass is 10.2. The summed E-state index contributed by atoms with van der Waals surface area (Å²) >= 11 is 3.43. The van der Waals surface area contributed by atoms with E-state index >= 15 is 0 Å². The maximum atomic E-state index is 12.1. The number of nitrogens with zero attached hydrogens (tertiary/aromatic N) is 1. The quantitative estimate of drug-likeness (QED) is 0.801. The fourth-order valence-corrected chi connectivity index (χ4v) is 2.63. The van der Waals surface area contributed by atoms with Crippen LogP contribution in [0, 0.1) is 5.92 Å². The van der Waals surface area contributed by atoms with Gasteiger partial charge in [-0.2, -0.15) is 0 Å². The van der Waals surface area contributed by atoms with Gasteiger partial charge in [0.1, 0.15) is 17.2 Å². The van der Waals surface area contributed by atoms with E-state index in [9.17, 15) is 4.79 Å². The highest BCUT2D eigenvalue weighted by Crippen LogP contribution is 2.40. The monoisotopic (exact) mass is 313 g/mol. The van der Waals surface area contributed by atoms with E-state index in [0.717, 1.165) is 11.0 Å². The number of carbonyl (C=O) groups excluding carboxylic acids is 1. The van der Waals surface area contributed by atoms with Gasteiger partial charge in [-0.15, -0.1) is 0 Å². The number of amides is 1. The second-order valence-corrected chi connectivity index (χ2v) is 4.89. The first-order valence-corrected chi connectivity index (χ1v) is 6.90. The molecule has 1 fully saturated rings. The molecule has 4 nitrogen and oxygen atoms in total. The highest BCUT2D eigenvalue weighted by Gasteiger charge is 2.33. The lowest BCUT2D eigenvalue weighted by Crippen LogP contribution is -2.25. The zero-order valence-electron chi connectivity index (χ0n) is 10.5. The minimum absolute atomic E-state index is 0.113. The molecular formula is C13H16BrNO3. The topological polar surface area (TPSA) is 38.8 Å². The maximum Gasteiger partial charge on any atom is 0.227 e. The van der Waals surface area contributed by atoms with Crippen molar-refractivity contribution in [2.24, 2.45) is 5.92 Å². The summed E-state index contributed by atoms with van der Waals surface area (Å²) in [6.45, 7) is 0.695. The molecule has 2 rings (SSSR count). The van der Waals surface area contributed by atoms with Gasteiger partial charge < -0.3 is 14.4 Å². The van der Waals surface area contributed by atoms with Gasteiger partial charge >= 0.3 is 0 Å². The van der Waals surface area contributed by atoms with Crippen LogP contribution in [0.3, 0.4) is 0 Å². The van der Waals surface area contributed by atoms with Crippen molar-refractivity contribution in [1.29, 1.82) is 0 Å². The molecule has 0 saturated carbocycles. The van der Waals surface area contributed by atoms with Gasteiger partial charge in [-0.25, -0.2) is 0 Å². The molecule has 0 radical (unpaired) electrons.